The van der Waals surface area contributed by atoms with Crippen molar-refractivity contribution in [3.8, 4) is 0 Å². The van der Waals surface area contributed by atoms with Crippen LogP contribution in [0.2, 0.25) is 0 Å². The molecule has 0 aromatic heterocycles. The first kappa shape index (κ1) is 14.7. The molecule has 0 saturated heterocycles. The monoisotopic (exact) mass is 270 g/mol. The van der Waals surface area contributed by atoms with Gasteiger partial charge in [-0.25, -0.2) is 8.42 Å². The van der Waals surface area contributed by atoms with Gasteiger partial charge in [0.05, 0.1) is 12.8 Å². The summed E-state index contributed by atoms with van der Waals surface area (Å²) in [5.74, 6) is -0.312. The fraction of sp³-hybridized carbons (Fsp3) is 0.417. The summed E-state index contributed by atoms with van der Waals surface area (Å²) in [5.41, 5.74) is 1.04. The number of sulfonamides is 1. The zero-order valence-corrected chi connectivity index (χ0v) is 11.4. The Bertz CT molecular complexity index is 485. The summed E-state index contributed by atoms with van der Waals surface area (Å²) in [6, 6.07) is 9.57. The number of carbonyl (C=O) groups excluding carboxylic acids is 1. The van der Waals surface area contributed by atoms with Crippen molar-refractivity contribution >= 4 is 15.9 Å². The molecule has 0 atom stereocenters. The molecule has 0 unspecified atom stereocenters. The molecule has 0 aliphatic carbocycles. The van der Waals surface area contributed by atoms with Crippen LogP contribution in [0.1, 0.15) is 5.56 Å². The molecule has 5 nitrogen and oxygen atoms in total. The molecule has 1 aromatic carbocycles. The highest BCUT2D eigenvalue weighted by molar-refractivity contribution is 7.88. The lowest BCUT2D eigenvalue weighted by molar-refractivity contribution is -0.120. The van der Waals surface area contributed by atoms with Crippen molar-refractivity contribution in [2.24, 2.45) is 0 Å². The van der Waals surface area contributed by atoms with Crippen LogP contribution in [0.3, 0.4) is 0 Å². The zero-order valence-electron chi connectivity index (χ0n) is 10.6. The molecule has 18 heavy (non-hydrogen) atoms. The molecule has 0 saturated carbocycles. The molecule has 0 heterocycles. The van der Waals surface area contributed by atoms with Crippen molar-refractivity contribution in [1.29, 1.82) is 0 Å². The quantitative estimate of drug-likeness (QED) is 0.805. The first-order valence-electron chi connectivity index (χ1n) is 5.63. The number of carbonyl (C=O) groups is 1. The van der Waals surface area contributed by atoms with E-state index in [1.54, 1.807) is 0 Å². The largest absolute Gasteiger partial charge is 0.358 e. The maximum Gasteiger partial charge on any atom is 0.235 e. The lowest BCUT2D eigenvalue weighted by atomic mass is 10.1. The van der Waals surface area contributed by atoms with Crippen molar-refractivity contribution in [2.75, 3.05) is 26.4 Å². The third kappa shape index (κ3) is 4.85. The Balaban J connectivity index is 2.66. The molecule has 1 aromatic rings. The standard InChI is InChI=1S/C12H18N2O3S/c1-13-12(15)10-14(18(2,16)17)9-8-11-6-4-3-5-7-11/h3-7H,8-10H2,1-2H3,(H,13,15). The Labute approximate surface area is 108 Å². The van der Waals surface area contributed by atoms with Gasteiger partial charge in [0.2, 0.25) is 15.9 Å². The van der Waals surface area contributed by atoms with E-state index in [9.17, 15) is 13.2 Å². The van der Waals surface area contributed by atoms with Crippen molar-refractivity contribution in [2.45, 2.75) is 6.42 Å². The number of likely N-dealkylation sites (N-methyl/N-ethyl adjacent to an activating group) is 1. The molecule has 0 aliphatic heterocycles. The van der Waals surface area contributed by atoms with Gasteiger partial charge in [0.25, 0.3) is 0 Å². The normalized spacial score (nSPS) is 11.5. The Morgan fingerprint density at radius 1 is 1.28 bits per heavy atom. The minimum absolute atomic E-state index is 0.137. The minimum atomic E-state index is -3.37. The van der Waals surface area contributed by atoms with E-state index in [2.05, 4.69) is 5.32 Å². The van der Waals surface area contributed by atoms with Crippen LogP contribution < -0.4 is 5.32 Å². The van der Waals surface area contributed by atoms with E-state index in [0.29, 0.717) is 13.0 Å². The first-order valence-corrected chi connectivity index (χ1v) is 7.48. The molecule has 0 bridgehead atoms. The van der Waals surface area contributed by atoms with Gasteiger partial charge in [0.1, 0.15) is 0 Å². The van der Waals surface area contributed by atoms with E-state index in [1.165, 1.54) is 11.4 Å². The van der Waals surface area contributed by atoms with Crippen LogP contribution in [0.4, 0.5) is 0 Å². The summed E-state index contributed by atoms with van der Waals surface area (Å²) in [7, 11) is -1.88. The molecule has 1 amide bonds. The highest BCUT2D eigenvalue weighted by Gasteiger charge is 2.19. The Hall–Kier alpha value is -1.40. The van der Waals surface area contributed by atoms with Crippen LogP contribution in [0.25, 0.3) is 0 Å². The molecule has 1 N–H and O–H groups in total. The maximum atomic E-state index is 11.6. The predicted octanol–water partition coefficient (Wildman–Crippen LogP) is 0.237. The summed E-state index contributed by atoms with van der Waals surface area (Å²) in [6.07, 6.45) is 1.70. The lowest BCUT2D eigenvalue weighted by Crippen LogP contribution is -2.40. The molecule has 0 fully saturated rings. The van der Waals surface area contributed by atoms with Crippen LogP contribution in [0, 0.1) is 0 Å². The molecular weight excluding hydrogens is 252 g/mol. The number of nitrogens with one attached hydrogen (secondary N) is 1. The molecular formula is C12H18N2O3S. The van der Waals surface area contributed by atoms with Crippen molar-refractivity contribution < 1.29 is 13.2 Å². The maximum absolute atomic E-state index is 11.6. The van der Waals surface area contributed by atoms with Crippen LogP contribution in [-0.4, -0.2) is 45.0 Å². The summed E-state index contributed by atoms with van der Waals surface area (Å²) in [4.78, 5) is 11.3. The van der Waals surface area contributed by atoms with Gasteiger partial charge in [-0.2, -0.15) is 4.31 Å². The van der Waals surface area contributed by atoms with Crippen LogP contribution in [0.15, 0.2) is 30.3 Å². The van der Waals surface area contributed by atoms with Gasteiger partial charge in [-0.15, -0.1) is 0 Å². The van der Waals surface area contributed by atoms with Crippen molar-refractivity contribution in [1.82, 2.24) is 9.62 Å². The van der Waals surface area contributed by atoms with Gasteiger partial charge in [0.15, 0.2) is 0 Å². The van der Waals surface area contributed by atoms with Gasteiger partial charge in [-0.3, -0.25) is 4.79 Å². The Morgan fingerprint density at radius 2 is 1.89 bits per heavy atom. The second-order valence-corrected chi connectivity index (χ2v) is 5.99. The van der Waals surface area contributed by atoms with Gasteiger partial charge in [0, 0.05) is 13.6 Å². The summed E-state index contributed by atoms with van der Waals surface area (Å²) < 4.78 is 24.3. The number of hydrogen-bond acceptors (Lipinski definition) is 3. The van der Waals surface area contributed by atoms with E-state index in [4.69, 9.17) is 0 Å². The summed E-state index contributed by atoms with van der Waals surface area (Å²) in [5, 5.41) is 2.42. The van der Waals surface area contributed by atoms with E-state index in [0.717, 1.165) is 11.8 Å². The molecule has 6 heteroatoms. The second-order valence-electron chi connectivity index (χ2n) is 4.01. The third-order valence-electron chi connectivity index (χ3n) is 2.56. The zero-order chi connectivity index (χ0) is 13.6. The summed E-state index contributed by atoms with van der Waals surface area (Å²) >= 11 is 0. The van der Waals surface area contributed by atoms with Crippen molar-refractivity contribution in [3.05, 3.63) is 35.9 Å². The topological polar surface area (TPSA) is 66.5 Å². The molecule has 0 radical (unpaired) electrons. The van der Waals surface area contributed by atoms with Gasteiger partial charge < -0.3 is 5.32 Å². The molecule has 0 spiro atoms. The number of rotatable bonds is 6. The SMILES string of the molecule is CNC(=O)CN(CCc1ccccc1)S(C)(=O)=O. The summed E-state index contributed by atoms with van der Waals surface area (Å²) in [6.45, 7) is 0.165. The number of amides is 1. The number of nitrogens with zero attached hydrogens (tertiary/aromatic N) is 1. The van der Waals surface area contributed by atoms with Crippen LogP contribution in [-0.2, 0) is 21.2 Å². The molecule has 0 aliphatic rings. The Morgan fingerprint density at radius 3 is 2.39 bits per heavy atom. The predicted molar refractivity (Wildman–Crippen MR) is 70.6 cm³/mol. The third-order valence-corrected chi connectivity index (χ3v) is 3.81. The second kappa shape index (κ2) is 6.51. The van der Waals surface area contributed by atoms with E-state index < -0.39 is 10.0 Å². The van der Waals surface area contributed by atoms with Crippen LogP contribution >= 0.6 is 0 Å². The van der Waals surface area contributed by atoms with E-state index >= 15 is 0 Å². The number of benzene rings is 1. The van der Waals surface area contributed by atoms with E-state index in [-0.39, 0.29) is 12.5 Å². The highest BCUT2D eigenvalue weighted by atomic mass is 32.2. The fourth-order valence-corrected chi connectivity index (χ4v) is 2.27. The molecule has 1 rings (SSSR count). The lowest BCUT2D eigenvalue weighted by Gasteiger charge is -2.18. The van der Waals surface area contributed by atoms with E-state index in [1.807, 2.05) is 30.3 Å². The van der Waals surface area contributed by atoms with Gasteiger partial charge >= 0.3 is 0 Å². The average Bonchev–Trinajstić information content (AvgIpc) is 2.34. The highest BCUT2D eigenvalue weighted by Crippen LogP contribution is 2.04. The number of hydrogen-bond donors (Lipinski definition) is 1. The molecule has 100 valence electrons. The fourth-order valence-electron chi connectivity index (χ4n) is 1.50. The average molecular weight is 270 g/mol. The van der Waals surface area contributed by atoms with Gasteiger partial charge in [-0.05, 0) is 12.0 Å². The smallest absolute Gasteiger partial charge is 0.235 e. The van der Waals surface area contributed by atoms with Gasteiger partial charge in [-0.1, -0.05) is 30.3 Å². The first-order chi connectivity index (χ1) is 8.43. The Kier molecular flexibility index (Phi) is 5.30. The van der Waals surface area contributed by atoms with Crippen molar-refractivity contribution in [3.63, 3.8) is 0 Å². The van der Waals surface area contributed by atoms with Crippen LogP contribution in [0.5, 0.6) is 0 Å². The minimum Gasteiger partial charge on any atom is -0.358 e.